The molecule has 0 radical (unpaired) electrons. The van der Waals surface area contributed by atoms with Gasteiger partial charge in [-0.2, -0.15) is 0 Å². The number of carboxylic acids is 1. The molecule has 2 aliphatic heterocycles. The third kappa shape index (κ3) is 4.21. The van der Waals surface area contributed by atoms with Crippen molar-refractivity contribution >= 4 is 5.97 Å². The van der Waals surface area contributed by atoms with Gasteiger partial charge in [0.1, 0.15) is 41.7 Å². The predicted octanol–water partition coefficient (Wildman–Crippen LogP) is -0.889. The molecule has 4 rings (SSSR count). The number of benzene rings is 2. The van der Waals surface area contributed by atoms with E-state index in [-0.39, 0.29) is 29.4 Å². The molecule has 2 heterocycles. The van der Waals surface area contributed by atoms with Gasteiger partial charge in [-0.3, -0.25) is 0 Å². The summed E-state index contributed by atoms with van der Waals surface area (Å²) >= 11 is 0. The molecule has 0 bridgehead atoms. The van der Waals surface area contributed by atoms with E-state index in [9.17, 15) is 40.5 Å². The highest BCUT2D eigenvalue weighted by molar-refractivity contribution is 5.73. The average Bonchev–Trinajstić information content (AvgIpc) is 2.75. The summed E-state index contributed by atoms with van der Waals surface area (Å²) in [5.41, 5.74) is 0.599. The van der Waals surface area contributed by atoms with Gasteiger partial charge in [-0.25, -0.2) is 4.79 Å². The molecule has 178 valence electrons. The van der Waals surface area contributed by atoms with Crippen molar-refractivity contribution in [2.45, 2.75) is 49.3 Å². The van der Waals surface area contributed by atoms with Crippen LogP contribution in [0.3, 0.4) is 0 Å². The van der Waals surface area contributed by atoms with Crippen LogP contribution in [0.4, 0.5) is 0 Å². The lowest BCUT2D eigenvalue weighted by Gasteiger charge is -2.38. The maximum Gasteiger partial charge on any atom is 0.335 e. The molecule has 1 fully saturated rings. The summed E-state index contributed by atoms with van der Waals surface area (Å²) in [5.74, 6) is -2.65. The molecule has 7 unspecified atom stereocenters. The van der Waals surface area contributed by atoms with Crippen molar-refractivity contribution in [1.82, 2.24) is 0 Å². The number of aliphatic hydroxyl groups excluding tert-OH is 4. The summed E-state index contributed by atoms with van der Waals surface area (Å²) in [7, 11) is 0. The van der Waals surface area contributed by atoms with Gasteiger partial charge in [0, 0.05) is 24.1 Å². The summed E-state index contributed by atoms with van der Waals surface area (Å²) in [6, 6.07) is 6.26. The van der Waals surface area contributed by atoms with E-state index in [1.807, 2.05) is 0 Å². The van der Waals surface area contributed by atoms with Gasteiger partial charge in [-0.15, -0.1) is 0 Å². The number of aromatic hydroxyl groups is 3. The van der Waals surface area contributed by atoms with Crippen LogP contribution in [0.25, 0.3) is 0 Å². The summed E-state index contributed by atoms with van der Waals surface area (Å²) in [5, 5.41) is 79.4. The van der Waals surface area contributed by atoms with Crippen molar-refractivity contribution in [2.24, 2.45) is 0 Å². The Hall–Kier alpha value is -3.29. The van der Waals surface area contributed by atoms with Crippen LogP contribution in [-0.2, 0) is 16.0 Å². The first-order valence-corrected chi connectivity index (χ1v) is 9.88. The Morgan fingerprint density at radius 3 is 2.36 bits per heavy atom. The van der Waals surface area contributed by atoms with Crippen molar-refractivity contribution in [1.29, 1.82) is 0 Å². The van der Waals surface area contributed by atoms with Gasteiger partial charge in [0.15, 0.2) is 17.6 Å². The molecule has 0 amide bonds. The number of carboxylic acid groups (broad SMARTS) is 1. The van der Waals surface area contributed by atoms with Crippen molar-refractivity contribution < 1.29 is 59.9 Å². The fourth-order valence-corrected chi connectivity index (χ4v) is 3.83. The van der Waals surface area contributed by atoms with Crippen LogP contribution in [0.1, 0.15) is 17.2 Å². The van der Waals surface area contributed by atoms with Crippen molar-refractivity contribution in [3.05, 3.63) is 41.5 Å². The Labute approximate surface area is 186 Å². The van der Waals surface area contributed by atoms with E-state index in [2.05, 4.69) is 0 Å². The molecule has 33 heavy (non-hydrogen) atoms. The smallest absolute Gasteiger partial charge is 0.335 e. The molecule has 12 heteroatoms. The van der Waals surface area contributed by atoms with Gasteiger partial charge in [0.2, 0.25) is 6.29 Å². The molecule has 8 N–H and O–H groups in total. The second-order valence-corrected chi connectivity index (χ2v) is 7.83. The largest absolute Gasteiger partial charge is 0.508 e. The Morgan fingerprint density at radius 1 is 0.939 bits per heavy atom. The monoisotopic (exact) mass is 466 g/mol. The summed E-state index contributed by atoms with van der Waals surface area (Å²) < 4.78 is 16.2. The zero-order valence-electron chi connectivity index (χ0n) is 16.8. The number of ether oxygens (including phenoxy) is 3. The minimum Gasteiger partial charge on any atom is -0.508 e. The average molecular weight is 466 g/mol. The zero-order valence-corrected chi connectivity index (χ0v) is 16.8. The molecule has 12 nitrogen and oxygen atoms in total. The molecule has 2 aliphatic rings. The molecular formula is C21H22O12. The fraction of sp³-hybridized carbons (Fsp3) is 0.381. The number of aliphatic carboxylic acids is 1. The van der Waals surface area contributed by atoms with Crippen LogP contribution in [0.15, 0.2) is 30.3 Å². The third-order valence-electron chi connectivity index (χ3n) is 5.56. The number of phenolic OH excluding ortho intramolecular Hbond substituents is 3. The van der Waals surface area contributed by atoms with Crippen LogP contribution in [-0.4, -0.2) is 83.6 Å². The van der Waals surface area contributed by atoms with E-state index < -0.39 is 54.6 Å². The Morgan fingerprint density at radius 2 is 1.67 bits per heavy atom. The number of aliphatic hydroxyl groups is 4. The first-order valence-electron chi connectivity index (χ1n) is 9.88. The van der Waals surface area contributed by atoms with Crippen molar-refractivity contribution in [2.75, 3.05) is 0 Å². The molecule has 2 aromatic rings. The zero-order chi connectivity index (χ0) is 24.0. The normalized spacial score (nSPS) is 31.3. The highest BCUT2D eigenvalue weighted by atomic mass is 16.7. The summed E-state index contributed by atoms with van der Waals surface area (Å²) in [6.45, 7) is 0. The van der Waals surface area contributed by atoms with Gasteiger partial charge >= 0.3 is 5.97 Å². The SMILES string of the molecule is O=C(O)C1OC(Oc2cc(C3Oc4cc(O)cc(O)c4CC3O)ccc2O)C(O)C(O)C1O. The van der Waals surface area contributed by atoms with E-state index in [1.54, 1.807) is 0 Å². The predicted molar refractivity (Wildman–Crippen MR) is 106 cm³/mol. The fourth-order valence-electron chi connectivity index (χ4n) is 3.83. The molecule has 0 aromatic heterocycles. The van der Waals surface area contributed by atoms with Gasteiger partial charge in [0.05, 0.1) is 6.10 Å². The number of phenols is 3. The highest BCUT2D eigenvalue weighted by Crippen LogP contribution is 2.43. The van der Waals surface area contributed by atoms with E-state index in [4.69, 9.17) is 19.3 Å². The number of hydrogen-bond donors (Lipinski definition) is 8. The standard InChI is InChI=1S/C21H22O12/c22-8-4-11(24)9-6-12(25)18(31-13(9)5-8)7-1-2-10(23)14(3-7)32-21-17(28)15(26)16(27)19(33-21)20(29)30/h1-5,12,15-19,21-28H,6H2,(H,29,30). The number of rotatable bonds is 4. The Bertz CT molecular complexity index is 1060. The van der Waals surface area contributed by atoms with E-state index in [1.165, 1.54) is 24.3 Å². The van der Waals surface area contributed by atoms with E-state index >= 15 is 0 Å². The molecule has 7 atom stereocenters. The highest BCUT2D eigenvalue weighted by Gasteiger charge is 2.48. The summed E-state index contributed by atoms with van der Waals surface area (Å²) in [4.78, 5) is 11.3. The lowest BCUT2D eigenvalue weighted by molar-refractivity contribution is -0.271. The first-order chi connectivity index (χ1) is 15.6. The summed E-state index contributed by atoms with van der Waals surface area (Å²) in [6.07, 6.45) is -11.4. The Kier molecular flexibility index (Phi) is 5.95. The van der Waals surface area contributed by atoms with Crippen LogP contribution >= 0.6 is 0 Å². The van der Waals surface area contributed by atoms with Crippen LogP contribution < -0.4 is 9.47 Å². The van der Waals surface area contributed by atoms with Crippen molar-refractivity contribution in [3.8, 4) is 28.7 Å². The molecule has 0 saturated carbocycles. The second-order valence-electron chi connectivity index (χ2n) is 7.83. The maximum absolute atomic E-state index is 11.3. The van der Waals surface area contributed by atoms with Gasteiger partial charge < -0.3 is 55.1 Å². The second kappa shape index (κ2) is 8.57. The minimum atomic E-state index is -1.91. The lowest BCUT2D eigenvalue weighted by atomic mass is 9.94. The lowest BCUT2D eigenvalue weighted by Crippen LogP contribution is -2.61. The minimum absolute atomic E-state index is 0.00198. The third-order valence-corrected chi connectivity index (χ3v) is 5.56. The first kappa shape index (κ1) is 22.9. The van der Waals surface area contributed by atoms with Crippen LogP contribution in [0.5, 0.6) is 28.7 Å². The van der Waals surface area contributed by atoms with Crippen LogP contribution in [0.2, 0.25) is 0 Å². The Balaban J connectivity index is 1.60. The number of hydrogen-bond acceptors (Lipinski definition) is 11. The van der Waals surface area contributed by atoms with Crippen molar-refractivity contribution in [3.63, 3.8) is 0 Å². The molecule has 0 spiro atoms. The topological polar surface area (TPSA) is 207 Å². The van der Waals surface area contributed by atoms with E-state index in [0.29, 0.717) is 11.1 Å². The van der Waals surface area contributed by atoms with Gasteiger partial charge in [0.25, 0.3) is 0 Å². The number of carbonyl (C=O) groups is 1. The molecule has 2 aromatic carbocycles. The molecule has 0 aliphatic carbocycles. The molecular weight excluding hydrogens is 444 g/mol. The van der Waals surface area contributed by atoms with E-state index in [0.717, 1.165) is 6.07 Å². The van der Waals surface area contributed by atoms with Gasteiger partial charge in [-0.1, -0.05) is 6.07 Å². The quantitative estimate of drug-likeness (QED) is 0.276. The maximum atomic E-state index is 11.3. The number of fused-ring (bicyclic) bond motifs is 1. The van der Waals surface area contributed by atoms with Gasteiger partial charge in [-0.05, 0) is 17.7 Å². The van der Waals surface area contributed by atoms with Crippen LogP contribution in [0, 0.1) is 0 Å². The molecule has 1 saturated heterocycles.